The summed E-state index contributed by atoms with van der Waals surface area (Å²) >= 11 is 0. The first-order chi connectivity index (χ1) is 12.7. The van der Waals surface area contributed by atoms with Crippen LogP contribution in [0.15, 0.2) is 29.3 Å². The molecule has 0 atom stereocenters. The second-order valence-electron chi connectivity index (χ2n) is 6.73. The van der Waals surface area contributed by atoms with Crippen LogP contribution in [-0.4, -0.2) is 53.9 Å². The van der Waals surface area contributed by atoms with Crippen molar-refractivity contribution in [3.05, 3.63) is 41.5 Å². The fourth-order valence-electron chi connectivity index (χ4n) is 2.99. The lowest BCUT2D eigenvalue weighted by Crippen LogP contribution is -2.62. The molecule has 1 saturated heterocycles. The van der Waals surface area contributed by atoms with Crippen molar-refractivity contribution in [2.75, 3.05) is 26.3 Å². The summed E-state index contributed by atoms with van der Waals surface area (Å²) in [6, 6.07) is 5.58. The normalized spacial score (nSPS) is 16.6. The van der Waals surface area contributed by atoms with Crippen LogP contribution in [0.5, 0.6) is 5.75 Å². The zero-order chi connectivity index (χ0) is 19.8. The molecule has 3 rings (SSSR count). The highest BCUT2D eigenvalue weighted by molar-refractivity contribution is 7.89. The van der Waals surface area contributed by atoms with Crippen molar-refractivity contribution in [3.63, 3.8) is 0 Å². The summed E-state index contributed by atoms with van der Waals surface area (Å²) < 4.78 is 47.3. The molecule has 27 heavy (non-hydrogen) atoms. The fraction of sp³-hybridized carbons (Fsp3) is 0.412. The van der Waals surface area contributed by atoms with Gasteiger partial charge in [0.05, 0.1) is 29.9 Å². The van der Waals surface area contributed by atoms with Crippen molar-refractivity contribution in [2.24, 2.45) is 12.5 Å². The highest BCUT2D eigenvalue weighted by Gasteiger charge is 2.49. The molecule has 1 N–H and O–H groups in total. The van der Waals surface area contributed by atoms with Crippen LogP contribution in [0.4, 0.5) is 4.39 Å². The maximum atomic E-state index is 13.6. The van der Waals surface area contributed by atoms with Crippen LogP contribution in [0.2, 0.25) is 0 Å². The molecule has 0 amide bonds. The topological polar surface area (TPSA) is 108 Å². The van der Waals surface area contributed by atoms with Crippen molar-refractivity contribution in [1.29, 1.82) is 5.26 Å². The summed E-state index contributed by atoms with van der Waals surface area (Å²) in [5.74, 6) is -0.485. The third kappa shape index (κ3) is 3.53. The van der Waals surface area contributed by atoms with Crippen molar-refractivity contribution >= 4 is 10.0 Å². The van der Waals surface area contributed by atoms with Gasteiger partial charge in [-0.05, 0) is 19.1 Å². The molecule has 1 aliphatic rings. The highest BCUT2D eigenvalue weighted by atomic mass is 32.2. The average molecular weight is 394 g/mol. The van der Waals surface area contributed by atoms with Crippen molar-refractivity contribution in [2.45, 2.75) is 11.8 Å². The second kappa shape index (κ2) is 6.92. The maximum Gasteiger partial charge on any atom is 0.246 e. The molecule has 0 spiro atoms. The summed E-state index contributed by atoms with van der Waals surface area (Å²) in [6.45, 7) is 1.53. The third-order valence-corrected chi connectivity index (χ3v) is 6.45. The van der Waals surface area contributed by atoms with Crippen molar-refractivity contribution < 1.29 is 22.7 Å². The number of aryl methyl sites for hydroxylation is 2. The number of aliphatic hydroxyl groups excluding tert-OH is 1. The van der Waals surface area contributed by atoms with Gasteiger partial charge in [-0.2, -0.15) is 14.7 Å². The molecule has 0 saturated carbocycles. The monoisotopic (exact) mass is 394 g/mol. The van der Waals surface area contributed by atoms with Gasteiger partial charge in [0.25, 0.3) is 0 Å². The molecular weight excluding hydrogens is 375 g/mol. The molecule has 0 radical (unpaired) electrons. The molecule has 0 aliphatic carbocycles. The van der Waals surface area contributed by atoms with Gasteiger partial charge in [-0.1, -0.05) is 0 Å². The molecule has 2 heterocycles. The van der Waals surface area contributed by atoms with Crippen LogP contribution in [0.3, 0.4) is 0 Å². The van der Waals surface area contributed by atoms with E-state index >= 15 is 0 Å². The number of nitriles is 1. The minimum Gasteiger partial charge on any atom is -0.493 e. The van der Waals surface area contributed by atoms with Gasteiger partial charge in [0.15, 0.2) is 0 Å². The van der Waals surface area contributed by atoms with Crippen molar-refractivity contribution in [3.8, 4) is 11.8 Å². The quantitative estimate of drug-likeness (QED) is 0.776. The number of ether oxygens (including phenoxy) is 1. The summed E-state index contributed by atoms with van der Waals surface area (Å²) in [7, 11) is -2.06. The van der Waals surface area contributed by atoms with E-state index < -0.39 is 21.3 Å². The molecule has 0 unspecified atom stereocenters. The lowest BCUT2D eigenvalue weighted by atomic mass is 9.83. The Hall–Kier alpha value is -2.48. The van der Waals surface area contributed by atoms with Crippen molar-refractivity contribution in [1.82, 2.24) is 14.1 Å². The van der Waals surface area contributed by atoms with Gasteiger partial charge in [0.2, 0.25) is 10.0 Å². The number of hydrogen-bond acceptors (Lipinski definition) is 6. The number of hydrogen-bond donors (Lipinski definition) is 1. The van der Waals surface area contributed by atoms with Crippen LogP contribution < -0.4 is 4.74 Å². The van der Waals surface area contributed by atoms with Crippen LogP contribution in [0.25, 0.3) is 0 Å². The minimum atomic E-state index is -3.70. The van der Waals surface area contributed by atoms with E-state index in [1.54, 1.807) is 20.0 Å². The van der Waals surface area contributed by atoms with Gasteiger partial charge in [-0.3, -0.25) is 4.68 Å². The van der Waals surface area contributed by atoms with Crippen LogP contribution in [0.1, 0.15) is 11.3 Å². The van der Waals surface area contributed by atoms with Gasteiger partial charge < -0.3 is 9.84 Å². The van der Waals surface area contributed by atoms with E-state index in [1.807, 2.05) is 0 Å². The smallest absolute Gasteiger partial charge is 0.246 e. The van der Waals surface area contributed by atoms with Gasteiger partial charge in [-0.25, -0.2) is 12.8 Å². The summed E-state index contributed by atoms with van der Waals surface area (Å²) in [6.07, 6.45) is 1.44. The molecule has 144 valence electrons. The Bertz CT molecular complexity index is 1010. The van der Waals surface area contributed by atoms with Crippen LogP contribution in [-0.2, 0) is 17.1 Å². The highest BCUT2D eigenvalue weighted by Crippen LogP contribution is 2.36. The molecule has 8 nitrogen and oxygen atoms in total. The molecule has 1 fully saturated rings. The number of halogens is 1. The van der Waals surface area contributed by atoms with E-state index in [9.17, 15) is 17.9 Å². The molecular formula is C17H19FN4O4S. The SMILES string of the molecule is Cc1nn(C)cc1S(=O)(=O)N1CC(CO)(COc2ccc(C#N)c(F)c2)C1. The van der Waals surface area contributed by atoms with Crippen LogP contribution in [0, 0.1) is 29.5 Å². The first kappa shape index (κ1) is 19.3. The molecule has 0 bridgehead atoms. The predicted molar refractivity (Wildman–Crippen MR) is 92.8 cm³/mol. The predicted octanol–water partition coefficient (Wildman–Crippen LogP) is 0.801. The number of sulfonamides is 1. The minimum absolute atomic E-state index is 0.0207. The Morgan fingerprint density at radius 2 is 2.15 bits per heavy atom. The Morgan fingerprint density at radius 3 is 2.67 bits per heavy atom. The Balaban J connectivity index is 1.68. The lowest BCUT2D eigenvalue weighted by molar-refractivity contribution is -0.0273. The Morgan fingerprint density at radius 1 is 1.44 bits per heavy atom. The largest absolute Gasteiger partial charge is 0.493 e. The van der Waals surface area contributed by atoms with E-state index in [-0.39, 0.29) is 42.5 Å². The molecule has 1 aliphatic heterocycles. The summed E-state index contributed by atoms with van der Waals surface area (Å²) in [5, 5.41) is 22.5. The molecule has 1 aromatic carbocycles. The van der Waals surface area contributed by atoms with E-state index in [0.717, 1.165) is 6.07 Å². The van der Waals surface area contributed by atoms with Gasteiger partial charge in [-0.15, -0.1) is 0 Å². The zero-order valence-electron chi connectivity index (χ0n) is 14.9. The zero-order valence-corrected chi connectivity index (χ0v) is 15.7. The van der Waals surface area contributed by atoms with Gasteiger partial charge in [0, 0.05) is 32.4 Å². The molecule has 2 aromatic rings. The van der Waals surface area contributed by atoms with Crippen LogP contribution >= 0.6 is 0 Å². The fourth-order valence-corrected chi connectivity index (χ4v) is 4.86. The Kier molecular flexibility index (Phi) is 4.94. The first-order valence-corrected chi connectivity index (χ1v) is 9.58. The average Bonchev–Trinajstić information content (AvgIpc) is 2.93. The number of rotatable bonds is 6. The van der Waals surface area contributed by atoms with E-state index in [0.29, 0.717) is 5.69 Å². The first-order valence-electron chi connectivity index (χ1n) is 8.14. The standard InChI is InChI=1S/C17H19FN4O4S/c1-12-16(7-21(2)20-12)27(24,25)22-8-17(9-22,10-23)11-26-14-4-3-13(6-19)15(18)5-14/h3-5,7,23H,8-11H2,1-2H3. The lowest BCUT2D eigenvalue weighted by Gasteiger charge is -2.47. The number of benzene rings is 1. The number of nitrogens with zero attached hydrogens (tertiary/aromatic N) is 4. The van der Waals surface area contributed by atoms with E-state index in [4.69, 9.17) is 10.00 Å². The second-order valence-corrected chi connectivity index (χ2v) is 8.63. The summed E-state index contributed by atoms with van der Waals surface area (Å²) in [5.41, 5.74) is -0.455. The van der Waals surface area contributed by atoms with Gasteiger partial charge >= 0.3 is 0 Å². The van der Waals surface area contributed by atoms with E-state index in [1.165, 1.54) is 27.3 Å². The third-order valence-electron chi connectivity index (χ3n) is 4.55. The summed E-state index contributed by atoms with van der Waals surface area (Å²) in [4.78, 5) is 0.131. The van der Waals surface area contributed by atoms with E-state index in [2.05, 4.69) is 5.10 Å². The van der Waals surface area contributed by atoms with Gasteiger partial charge in [0.1, 0.15) is 22.5 Å². The maximum absolute atomic E-state index is 13.6. The molecule has 1 aromatic heterocycles. The Labute approximate surface area is 156 Å². The number of aromatic nitrogens is 2. The molecule has 10 heteroatoms. The number of aliphatic hydroxyl groups is 1.